The van der Waals surface area contributed by atoms with Crippen LogP contribution in [0.4, 0.5) is 5.69 Å². The highest BCUT2D eigenvalue weighted by molar-refractivity contribution is 5.76. The van der Waals surface area contributed by atoms with Crippen LogP contribution in [-0.2, 0) is 9.53 Å². The van der Waals surface area contributed by atoms with Gasteiger partial charge in [0, 0.05) is 18.9 Å². The largest absolute Gasteiger partial charge is 0.493 e. The molecule has 2 atom stereocenters. The van der Waals surface area contributed by atoms with E-state index in [0.717, 1.165) is 19.3 Å². The molecule has 110 valence electrons. The average Bonchev–Trinajstić information content (AvgIpc) is 2.86. The Morgan fingerprint density at radius 3 is 3.05 bits per heavy atom. The minimum Gasteiger partial charge on any atom is -0.493 e. The number of carbonyl (C=O) groups excluding carboxylic acids is 1. The first kappa shape index (κ1) is 14.7. The van der Waals surface area contributed by atoms with E-state index in [4.69, 9.17) is 15.2 Å². The lowest BCUT2D eigenvalue weighted by atomic mass is 10.2. The zero-order valence-corrected chi connectivity index (χ0v) is 11.8. The third-order valence-electron chi connectivity index (χ3n) is 3.56. The highest BCUT2D eigenvalue weighted by Crippen LogP contribution is 2.21. The van der Waals surface area contributed by atoms with Crippen LogP contribution in [0.1, 0.15) is 25.7 Å². The van der Waals surface area contributed by atoms with Crippen LogP contribution in [0, 0.1) is 0 Å². The summed E-state index contributed by atoms with van der Waals surface area (Å²) in [4.78, 5) is 11.8. The zero-order chi connectivity index (χ0) is 14.4. The van der Waals surface area contributed by atoms with E-state index in [9.17, 15) is 4.79 Å². The molecule has 1 saturated carbocycles. The molecule has 5 nitrogen and oxygen atoms in total. The Labute approximate surface area is 119 Å². The third kappa shape index (κ3) is 4.13. The van der Waals surface area contributed by atoms with Crippen molar-refractivity contribution in [2.45, 2.75) is 37.8 Å². The summed E-state index contributed by atoms with van der Waals surface area (Å²) in [5.41, 5.74) is 6.31. The lowest BCUT2D eigenvalue weighted by Crippen LogP contribution is -2.41. The highest BCUT2D eigenvalue weighted by atomic mass is 16.5. The zero-order valence-electron chi connectivity index (χ0n) is 11.8. The molecule has 3 N–H and O–H groups in total. The molecule has 0 aliphatic heterocycles. The van der Waals surface area contributed by atoms with E-state index in [1.54, 1.807) is 19.2 Å². The maximum absolute atomic E-state index is 11.8. The summed E-state index contributed by atoms with van der Waals surface area (Å²) in [5.74, 6) is 0.691. The van der Waals surface area contributed by atoms with Gasteiger partial charge in [-0.2, -0.15) is 0 Å². The predicted molar refractivity (Wildman–Crippen MR) is 77.5 cm³/mol. The number of hydrogen-bond acceptors (Lipinski definition) is 4. The van der Waals surface area contributed by atoms with Gasteiger partial charge in [0.2, 0.25) is 5.91 Å². The van der Waals surface area contributed by atoms with Crippen molar-refractivity contribution in [3.05, 3.63) is 24.3 Å². The van der Waals surface area contributed by atoms with E-state index in [-0.39, 0.29) is 18.1 Å². The molecule has 1 aromatic rings. The van der Waals surface area contributed by atoms with Crippen molar-refractivity contribution in [1.29, 1.82) is 0 Å². The molecule has 1 fully saturated rings. The van der Waals surface area contributed by atoms with E-state index in [2.05, 4.69) is 5.32 Å². The molecule has 1 aliphatic carbocycles. The predicted octanol–water partition coefficient (Wildman–Crippen LogP) is 1.72. The fraction of sp³-hybridized carbons (Fsp3) is 0.533. The SMILES string of the molecule is COC1CCCC1NC(=O)CCOc1cccc(N)c1. The van der Waals surface area contributed by atoms with Gasteiger partial charge in [-0.3, -0.25) is 4.79 Å². The monoisotopic (exact) mass is 278 g/mol. The van der Waals surface area contributed by atoms with Gasteiger partial charge in [0.25, 0.3) is 0 Å². The number of carbonyl (C=O) groups is 1. The van der Waals surface area contributed by atoms with Crippen molar-refractivity contribution in [2.24, 2.45) is 0 Å². The number of amides is 1. The highest BCUT2D eigenvalue weighted by Gasteiger charge is 2.28. The van der Waals surface area contributed by atoms with E-state index in [0.29, 0.717) is 24.5 Å². The fourth-order valence-electron chi connectivity index (χ4n) is 2.52. The molecule has 1 aromatic carbocycles. The smallest absolute Gasteiger partial charge is 0.223 e. The topological polar surface area (TPSA) is 73.6 Å². The Kier molecular flexibility index (Phi) is 5.24. The molecule has 2 rings (SSSR count). The molecule has 1 aliphatic rings. The molecule has 1 amide bonds. The normalized spacial score (nSPS) is 21.6. The molecule has 0 bridgehead atoms. The molecule has 0 heterocycles. The van der Waals surface area contributed by atoms with Crippen LogP contribution in [0.5, 0.6) is 5.75 Å². The molecule has 0 aromatic heterocycles. The summed E-state index contributed by atoms with van der Waals surface area (Å²) in [6.45, 7) is 0.347. The number of nitrogen functional groups attached to an aromatic ring is 1. The Morgan fingerprint density at radius 2 is 2.30 bits per heavy atom. The van der Waals surface area contributed by atoms with Crippen LogP contribution < -0.4 is 15.8 Å². The minimum atomic E-state index is 0.00264. The van der Waals surface area contributed by atoms with Crippen molar-refractivity contribution in [3.63, 3.8) is 0 Å². The standard InChI is InChI=1S/C15H22N2O3/c1-19-14-7-3-6-13(14)17-15(18)8-9-20-12-5-2-4-11(16)10-12/h2,4-5,10,13-14H,3,6-9,16H2,1H3,(H,17,18). The van der Waals surface area contributed by atoms with Crippen LogP contribution in [0.2, 0.25) is 0 Å². The molecule has 0 spiro atoms. The summed E-state index contributed by atoms with van der Waals surface area (Å²) in [5, 5.41) is 3.01. The van der Waals surface area contributed by atoms with Crippen molar-refractivity contribution < 1.29 is 14.3 Å². The van der Waals surface area contributed by atoms with Gasteiger partial charge < -0.3 is 20.5 Å². The summed E-state index contributed by atoms with van der Waals surface area (Å²) in [6.07, 6.45) is 3.58. The first-order valence-electron chi connectivity index (χ1n) is 6.99. The first-order valence-corrected chi connectivity index (χ1v) is 6.99. The van der Waals surface area contributed by atoms with Crippen molar-refractivity contribution in [2.75, 3.05) is 19.5 Å². The molecule has 0 saturated heterocycles. The Balaban J connectivity index is 1.70. The second-order valence-electron chi connectivity index (χ2n) is 5.05. The summed E-state index contributed by atoms with van der Waals surface area (Å²) in [7, 11) is 1.69. The van der Waals surface area contributed by atoms with Gasteiger partial charge in [-0.05, 0) is 31.4 Å². The Bertz CT molecular complexity index is 450. The van der Waals surface area contributed by atoms with Crippen LogP contribution in [0.15, 0.2) is 24.3 Å². The van der Waals surface area contributed by atoms with Gasteiger partial charge >= 0.3 is 0 Å². The summed E-state index contributed by atoms with van der Waals surface area (Å²) < 4.78 is 10.9. The number of methoxy groups -OCH3 is 1. The van der Waals surface area contributed by atoms with Gasteiger partial charge in [-0.25, -0.2) is 0 Å². The first-order chi connectivity index (χ1) is 9.69. The van der Waals surface area contributed by atoms with Crippen molar-refractivity contribution in [1.82, 2.24) is 5.32 Å². The van der Waals surface area contributed by atoms with Crippen molar-refractivity contribution >= 4 is 11.6 Å². The lowest BCUT2D eigenvalue weighted by molar-refractivity contribution is -0.123. The second-order valence-corrected chi connectivity index (χ2v) is 5.05. The maximum atomic E-state index is 11.8. The van der Waals surface area contributed by atoms with E-state index >= 15 is 0 Å². The molecule has 2 unspecified atom stereocenters. The summed E-state index contributed by atoms with van der Waals surface area (Å²) in [6, 6.07) is 7.33. The molecule has 20 heavy (non-hydrogen) atoms. The van der Waals surface area contributed by atoms with Gasteiger partial charge in [0.05, 0.1) is 25.2 Å². The third-order valence-corrected chi connectivity index (χ3v) is 3.56. The minimum absolute atomic E-state index is 0.00264. The van der Waals surface area contributed by atoms with Crippen LogP contribution in [0.3, 0.4) is 0 Å². The van der Waals surface area contributed by atoms with Crippen LogP contribution >= 0.6 is 0 Å². The molecule has 0 radical (unpaired) electrons. The van der Waals surface area contributed by atoms with E-state index in [1.807, 2.05) is 12.1 Å². The average molecular weight is 278 g/mol. The fourth-order valence-corrected chi connectivity index (χ4v) is 2.52. The number of anilines is 1. The van der Waals surface area contributed by atoms with Crippen LogP contribution in [0.25, 0.3) is 0 Å². The number of benzene rings is 1. The van der Waals surface area contributed by atoms with Gasteiger partial charge in [-0.15, -0.1) is 0 Å². The van der Waals surface area contributed by atoms with E-state index < -0.39 is 0 Å². The van der Waals surface area contributed by atoms with Gasteiger partial charge in [0.15, 0.2) is 0 Å². The Hall–Kier alpha value is -1.75. The number of rotatable bonds is 6. The number of hydrogen-bond donors (Lipinski definition) is 2. The lowest BCUT2D eigenvalue weighted by Gasteiger charge is -2.19. The quantitative estimate of drug-likeness (QED) is 0.777. The van der Waals surface area contributed by atoms with Gasteiger partial charge in [0.1, 0.15) is 5.75 Å². The van der Waals surface area contributed by atoms with E-state index in [1.165, 1.54) is 0 Å². The second kappa shape index (κ2) is 7.14. The Morgan fingerprint density at radius 1 is 1.45 bits per heavy atom. The molecular formula is C15H22N2O3. The summed E-state index contributed by atoms with van der Waals surface area (Å²) >= 11 is 0. The van der Waals surface area contributed by atoms with Crippen LogP contribution in [-0.4, -0.2) is 31.8 Å². The number of nitrogens with two attached hydrogens (primary N) is 1. The maximum Gasteiger partial charge on any atom is 0.223 e. The number of ether oxygens (including phenoxy) is 2. The van der Waals surface area contributed by atoms with Gasteiger partial charge in [-0.1, -0.05) is 6.07 Å². The number of nitrogens with one attached hydrogen (secondary N) is 1. The molecular weight excluding hydrogens is 256 g/mol. The molecule has 5 heteroatoms. The van der Waals surface area contributed by atoms with Crippen molar-refractivity contribution in [3.8, 4) is 5.75 Å².